The van der Waals surface area contributed by atoms with Crippen LogP contribution in [0.1, 0.15) is 17.0 Å². The van der Waals surface area contributed by atoms with Crippen molar-refractivity contribution < 1.29 is 9.53 Å². The van der Waals surface area contributed by atoms with Gasteiger partial charge in [0.05, 0.1) is 7.11 Å². The highest BCUT2D eigenvalue weighted by atomic mass is 16.5. The summed E-state index contributed by atoms with van der Waals surface area (Å²) in [5.74, 6) is -0.681. The van der Waals surface area contributed by atoms with Gasteiger partial charge in [0.15, 0.2) is 0 Å². The van der Waals surface area contributed by atoms with Gasteiger partial charge in [-0.05, 0) is 17.2 Å². The Morgan fingerprint density at radius 3 is 2.41 bits per heavy atom. The van der Waals surface area contributed by atoms with Gasteiger partial charge >= 0.3 is 5.97 Å². The first kappa shape index (κ1) is 11.3. The van der Waals surface area contributed by atoms with Gasteiger partial charge < -0.3 is 4.74 Å². The molecule has 0 saturated carbocycles. The second-order valence-corrected chi connectivity index (χ2v) is 3.65. The van der Waals surface area contributed by atoms with Crippen molar-refractivity contribution in [1.29, 1.82) is 0 Å². The largest absolute Gasteiger partial charge is 0.468 e. The highest BCUT2D eigenvalue weighted by Crippen LogP contribution is 2.24. The molecule has 0 fully saturated rings. The molecule has 86 valence electrons. The first-order chi connectivity index (χ1) is 8.33. The van der Waals surface area contributed by atoms with E-state index in [0.717, 1.165) is 11.1 Å². The number of carbonyl (C=O) groups excluding carboxylic acids is 1. The Balaban J connectivity index is 2.43. The Hall–Kier alpha value is -2.16. The van der Waals surface area contributed by atoms with Crippen LogP contribution in [0.5, 0.6) is 0 Å². The van der Waals surface area contributed by atoms with E-state index in [1.165, 1.54) is 7.11 Å². The molecule has 0 saturated heterocycles. The molecule has 0 N–H and O–H groups in total. The second kappa shape index (κ2) is 5.25. The van der Waals surface area contributed by atoms with E-state index in [9.17, 15) is 4.79 Å². The van der Waals surface area contributed by atoms with Gasteiger partial charge in [0.1, 0.15) is 5.92 Å². The van der Waals surface area contributed by atoms with Gasteiger partial charge in [-0.1, -0.05) is 36.4 Å². The lowest BCUT2D eigenvalue weighted by Crippen LogP contribution is -2.15. The molecule has 0 radical (unpaired) electrons. The molecule has 0 amide bonds. The molecule has 1 aromatic heterocycles. The van der Waals surface area contributed by atoms with E-state index in [1.807, 2.05) is 42.5 Å². The number of nitrogens with zero attached hydrogens (tertiary/aromatic N) is 1. The third kappa shape index (κ3) is 2.50. The zero-order valence-electron chi connectivity index (χ0n) is 9.54. The minimum atomic E-state index is -0.408. The third-order valence-corrected chi connectivity index (χ3v) is 2.59. The van der Waals surface area contributed by atoms with E-state index in [0.29, 0.717) is 0 Å². The minimum Gasteiger partial charge on any atom is -0.468 e. The Bertz CT molecular complexity index is 443. The molecule has 0 aliphatic carbocycles. The van der Waals surface area contributed by atoms with E-state index in [4.69, 9.17) is 4.74 Å². The molecule has 1 aromatic carbocycles. The van der Waals surface area contributed by atoms with Crippen molar-refractivity contribution in [2.24, 2.45) is 0 Å². The monoisotopic (exact) mass is 227 g/mol. The number of aromatic nitrogens is 1. The van der Waals surface area contributed by atoms with Crippen molar-refractivity contribution in [1.82, 2.24) is 4.98 Å². The van der Waals surface area contributed by atoms with Gasteiger partial charge in [0, 0.05) is 12.4 Å². The third-order valence-electron chi connectivity index (χ3n) is 2.59. The van der Waals surface area contributed by atoms with Crippen LogP contribution in [-0.2, 0) is 9.53 Å². The number of hydrogen-bond acceptors (Lipinski definition) is 3. The summed E-state index contributed by atoms with van der Waals surface area (Å²) in [7, 11) is 1.40. The van der Waals surface area contributed by atoms with E-state index in [-0.39, 0.29) is 5.97 Å². The van der Waals surface area contributed by atoms with Crippen LogP contribution >= 0.6 is 0 Å². The average molecular weight is 227 g/mol. The average Bonchev–Trinajstić information content (AvgIpc) is 2.41. The fraction of sp³-hybridized carbons (Fsp3) is 0.143. The number of esters is 1. The SMILES string of the molecule is COC(=O)C(c1ccccc1)c1cccnc1. The van der Waals surface area contributed by atoms with E-state index < -0.39 is 5.92 Å². The Morgan fingerprint density at radius 1 is 1.12 bits per heavy atom. The van der Waals surface area contributed by atoms with Crippen molar-refractivity contribution in [3.63, 3.8) is 0 Å². The Labute approximate surface area is 100 Å². The van der Waals surface area contributed by atoms with E-state index >= 15 is 0 Å². The summed E-state index contributed by atoms with van der Waals surface area (Å²) in [6.45, 7) is 0. The van der Waals surface area contributed by atoms with Crippen LogP contribution in [0, 0.1) is 0 Å². The number of rotatable bonds is 3. The standard InChI is InChI=1S/C14H13NO2/c1-17-14(16)13(11-6-3-2-4-7-11)12-8-5-9-15-10-12/h2-10,13H,1H3. The van der Waals surface area contributed by atoms with Crippen molar-refractivity contribution in [2.45, 2.75) is 5.92 Å². The summed E-state index contributed by atoms with van der Waals surface area (Å²) >= 11 is 0. The number of benzene rings is 1. The molecule has 0 aliphatic heterocycles. The molecule has 2 rings (SSSR count). The summed E-state index contributed by atoms with van der Waals surface area (Å²) in [4.78, 5) is 15.9. The number of pyridine rings is 1. The Morgan fingerprint density at radius 2 is 1.82 bits per heavy atom. The van der Waals surface area contributed by atoms with Crippen molar-refractivity contribution in [2.75, 3.05) is 7.11 Å². The lowest BCUT2D eigenvalue weighted by Gasteiger charge is -2.14. The van der Waals surface area contributed by atoms with Crippen LogP contribution < -0.4 is 0 Å². The highest BCUT2D eigenvalue weighted by Gasteiger charge is 2.23. The Kier molecular flexibility index (Phi) is 3.50. The molecular formula is C14H13NO2. The maximum Gasteiger partial charge on any atom is 0.317 e. The molecule has 2 aromatic rings. The molecule has 17 heavy (non-hydrogen) atoms. The zero-order valence-corrected chi connectivity index (χ0v) is 9.54. The van der Waals surface area contributed by atoms with Crippen molar-refractivity contribution in [3.05, 3.63) is 66.0 Å². The van der Waals surface area contributed by atoms with Crippen LogP contribution in [0.2, 0.25) is 0 Å². The van der Waals surface area contributed by atoms with Crippen molar-refractivity contribution >= 4 is 5.97 Å². The van der Waals surface area contributed by atoms with Crippen LogP contribution in [0.15, 0.2) is 54.9 Å². The topological polar surface area (TPSA) is 39.2 Å². The van der Waals surface area contributed by atoms with Crippen molar-refractivity contribution in [3.8, 4) is 0 Å². The van der Waals surface area contributed by atoms with E-state index in [1.54, 1.807) is 12.4 Å². The first-order valence-corrected chi connectivity index (χ1v) is 5.35. The van der Waals surface area contributed by atoms with Gasteiger partial charge in [-0.25, -0.2) is 0 Å². The predicted octanol–water partition coefficient (Wildman–Crippen LogP) is 2.39. The molecule has 3 nitrogen and oxygen atoms in total. The van der Waals surface area contributed by atoms with Crippen LogP contribution in [0.25, 0.3) is 0 Å². The van der Waals surface area contributed by atoms with Gasteiger partial charge in [-0.3, -0.25) is 9.78 Å². The van der Waals surface area contributed by atoms with Gasteiger partial charge in [0.25, 0.3) is 0 Å². The molecule has 3 heteroatoms. The summed E-state index contributed by atoms with van der Waals surface area (Å²) in [6.07, 6.45) is 3.37. The molecule has 1 atom stereocenters. The summed E-state index contributed by atoms with van der Waals surface area (Å²) in [6, 6.07) is 13.2. The highest BCUT2D eigenvalue weighted by molar-refractivity contribution is 5.81. The molecule has 1 heterocycles. The first-order valence-electron chi connectivity index (χ1n) is 5.35. The lowest BCUT2D eigenvalue weighted by atomic mass is 9.93. The van der Waals surface area contributed by atoms with Gasteiger partial charge in [0.2, 0.25) is 0 Å². The summed E-state index contributed by atoms with van der Waals surface area (Å²) < 4.78 is 4.85. The smallest absolute Gasteiger partial charge is 0.317 e. The molecule has 0 spiro atoms. The van der Waals surface area contributed by atoms with Crippen LogP contribution in [0.4, 0.5) is 0 Å². The fourth-order valence-electron chi connectivity index (χ4n) is 1.77. The molecule has 0 aliphatic rings. The van der Waals surface area contributed by atoms with Crippen LogP contribution in [0.3, 0.4) is 0 Å². The lowest BCUT2D eigenvalue weighted by molar-refractivity contribution is -0.141. The second-order valence-electron chi connectivity index (χ2n) is 3.65. The van der Waals surface area contributed by atoms with E-state index in [2.05, 4.69) is 4.98 Å². The number of hydrogen-bond donors (Lipinski definition) is 0. The van der Waals surface area contributed by atoms with Crippen LogP contribution in [-0.4, -0.2) is 18.1 Å². The maximum atomic E-state index is 11.9. The maximum absolute atomic E-state index is 11.9. The molecular weight excluding hydrogens is 214 g/mol. The number of ether oxygens (including phenoxy) is 1. The fourth-order valence-corrected chi connectivity index (χ4v) is 1.77. The number of carbonyl (C=O) groups is 1. The van der Waals surface area contributed by atoms with Gasteiger partial charge in [-0.2, -0.15) is 0 Å². The predicted molar refractivity (Wildman–Crippen MR) is 64.5 cm³/mol. The quantitative estimate of drug-likeness (QED) is 0.756. The number of methoxy groups -OCH3 is 1. The summed E-state index contributed by atoms with van der Waals surface area (Å²) in [5, 5.41) is 0. The van der Waals surface area contributed by atoms with Gasteiger partial charge in [-0.15, -0.1) is 0 Å². The molecule has 0 bridgehead atoms. The summed E-state index contributed by atoms with van der Waals surface area (Å²) in [5.41, 5.74) is 1.75. The zero-order chi connectivity index (χ0) is 12.1. The normalized spacial score (nSPS) is 11.8. The minimum absolute atomic E-state index is 0.274. The molecule has 1 unspecified atom stereocenters.